The highest BCUT2D eigenvalue weighted by Crippen LogP contribution is 2.33. The maximum atomic E-state index is 14.9. The zero-order valence-electron chi connectivity index (χ0n) is 18.0. The first-order chi connectivity index (χ1) is 15.4. The number of benzene rings is 2. The van der Waals surface area contributed by atoms with Gasteiger partial charge in [0.15, 0.2) is 0 Å². The van der Waals surface area contributed by atoms with Crippen LogP contribution in [0.3, 0.4) is 0 Å². The van der Waals surface area contributed by atoms with Crippen molar-refractivity contribution < 1.29 is 22.7 Å². The Morgan fingerprint density at radius 1 is 1.24 bits per heavy atom. The van der Waals surface area contributed by atoms with Crippen molar-refractivity contribution in [2.24, 2.45) is 0 Å². The Balaban J connectivity index is 2.33. The van der Waals surface area contributed by atoms with Gasteiger partial charge in [-0.3, -0.25) is 15.4 Å². The van der Waals surface area contributed by atoms with E-state index in [0.29, 0.717) is 0 Å². The molecule has 2 aromatic carbocycles. The molecule has 0 saturated heterocycles. The summed E-state index contributed by atoms with van der Waals surface area (Å²) < 4.78 is 57.5. The van der Waals surface area contributed by atoms with E-state index in [1.807, 2.05) is 0 Å². The molecule has 0 unspecified atom stereocenters. The topological polar surface area (TPSA) is 89.0 Å². The summed E-state index contributed by atoms with van der Waals surface area (Å²) in [6, 6.07) is 7.26. The third kappa shape index (κ3) is 5.38. The van der Waals surface area contributed by atoms with Crippen LogP contribution in [0.15, 0.2) is 36.4 Å². The monoisotopic (exact) mass is 459 g/mol. The second-order valence-electron chi connectivity index (χ2n) is 7.82. The fraction of sp³-hybridized carbons (Fsp3) is 0.261. The molecule has 10 heteroatoms. The van der Waals surface area contributed by atoms with Gasteiger partial charge in [-0.2, -0.15) is 4.98 Å². The van der Waals surface area contributed by atoms with E-state index in [-0.39, 0.29) is 33.8 Å². The fourth-order valence-corrected chi connectivity index (χ4v) is 3.26. The van der Waals surface area contributed by atoms with Crippen molar-refractivity contribution in [2.75, 3.05) is 11.4 Å². The SMILES string of the molecule is CC(=N)n1c(=N)nc(N(CC(F)F)c2cc(F)cc(C#CC(C)(C)O)c2)c2c(F)cccc21. The number of hydrogen-bond donors (Lipinski definition) is 3. The Bertz CT molecular complexity index is 1350. The quantitative estimate of drug-likeness (QED) is 0.237. The second-order valence-corrected chi connectivity index (χ2v) is 7.82. The molecule has 0 fully saturated rings. The maximum absolute atomic E-state index is 14.9. The smallest absolute Gasteiger partial charge is 0.256 e. The van der Waals surface area contributed by atoms with E-state index in [1.165, 1.54) is 39.0 Å². The van der Waals surface area contributed by atoms with Crippen molar-refractivity contribution in [1.29, 1.82) is 10.8 Å². The maximum Gasteiger partial charge on any atom is 0.256 e. The van der Waals surface area contributed by atoms with Crippen LogP contribution in [-0.4, -0.2) is 39.1 Å². The zero-order valence-corrected chi connectivity index (χ0v) is 18.0. The summed E-state index contributed by atoms with van der Waals surface area (Å²) in [6.45, 7) is 3.27. The fourth-order valence-electron chi connectivity index (χ4n) is 3.26. The van der Waals surface area contributed by atoms with E-state index in [2.05, 4.69) is 16.8 Å². The van der Waals surface area contributed by atoms with E-state index in [4.69, 9.17) is 10.8 Å². The van der Waals surface area contributed by atoms with Crippen molar-refractivity contribution in [1.82, 2.24) is 9.55 Å². The van der Waals surface area contributed by atoms with Crippen LogP contribution in [0.5, 0.6) is 0 Å². The highest BCUT2D eigenvalue weighted by Gasteiger charge is 2.23. The lowest BCUT2D eigenvalue weighted by molar-refractivity contribution is 0.143. The van der Waals surface area contributed by atoms with Crippen LogP contribution >= 0.6 is 0 Å². The van der Waals surface area contributed by atoms with Gasteiger partial charge in [-0.1, -0.05) is 17.9 Å². The summed E-state index contributed by atoms with van der Waals surface area (Å²) in [4.78, 5) is 4.91. The average Bonchev–Trinajstić information content (AvgIpc) is 2.68. The molecule has 1 heterocycles. The zero-order chi connectivity index (χ0) is 24.5. The van der Waals surface area contributed by atoms with E-state index >= 15 is 0 Å². The molecule has 0 spiro atoms. The minimum Gasteiger partial charge on any atom is -0.378 e. The molecule has 3 rings (SSSR count). The number of nitrogens with one attached hydrogen (secondary N) is 2. The Morgan fingerprint density at radius 3 is 2.55 bits per heavy atom. The highest BCUT2D eigenvalue weighted by molar-refractivity contribution is 5.97. The van der Waals surface area contributed by atoms with E-state index in [0.717, 1.165) is 27.7 Å². The summed E-state index contributed by atoms with van der Waals surface area (Å²) in [5, 5.41) is 25.7. The number of aliphatic hydroxyl groups is 1. The molecule has 0 atom stereocenters. The Hall–Kier alpha value is -3.71. The third-order valence-corrected chi connectivity index (χ3v) is 4.50. The minimum atomic E-state index is -2.91. The number of nitrogens with zero attached hydrogens (tertiary/aromatic N) is 3. The van der Waals surface area contributed by atoms with Crippen molar-refractivity contribution >= 4 is 28.2 Å². The van der Waals surface area contributed by atoms with E-state index in [9.17, 15) is 22.7 Å². The molecule has 33 heavy (non-hydrogen) atoms. The second kappa shape index (κ2) is 9.03. The summed E-state index contributed by atoms with van der Waals surface area (Å²) in [6.07, 6.45) is -2.91. The van der Waals surface area contributed by atoms with Gasteiger partial charge in [0.1, 0.15) is 28.9 Å². The first-order valence-electron chi connectivity index (χ1n) is 9.80. The van der Waals surface area contributed by atoms with Crippen LogP contribution in [0.25, 0.3) is 10.9 Å². The van der Waals surface area contributed by atoms with Gasteiger partial charge in [0, 0.05) is 11.3 Å². The number of halogens is 4. The molecule has 0 saturated carbocycles. The summed E-state index contributed by atoms with van der Waals surface area (Å²) >= 11 is 0. The number of aromatic nitrogens is 2. The van der Waals surface area contributed by atoms with Gasteiger partial charge in [0.05, 0.1) is 17.4 Å². The predicted molar refractivity (Wildman–Crippen MR) is 117 cm³/mol. The Kier molecular flexibility index (Phi) is 6.56. The minimum absolute atomic E-state index is 0.0789. The highest BCUT2D eigenvalue weighted by atomic mass is 19.3. The van der Waals surface area contributed by atoms with E-state index < -0.39 is 35.8 Å². The molecule has 0 aliphatic carbocycles. The van der Waals surface area contributed by atoms with Gasteiger partial charge in [-0.25, -0.2) is 17.6 Å². The van der Waals surface area contributed by atoms with Crippen LogP contribution in [0, 0.1) is 34.3 Å². The van der Waals surface area contributed by atoms with Crippen LogP contribution in [0.2, 0.25) is 0 Å². The molecule has 1 aromatic heterocycles. The van der Waals surface area contributed by atoms with Gasteiger partial charge in [0.25, 0.3) is 6.43 Å². The van der Waals surface area contributed by atoms with Crippen LogP contribution < -0.4 is 10.5 Å². The summed E-state index contributed by atoms with van der Waals surface area (Å²) in [5.74, 6) is 3.08. The van der Waals surface area contributed by atoms with Gasteiger partial charge < -0.3 is 10.0 Å². The molecule has 0 amide bonds. The van der Waals surface area contributed by atoms with Gasteiger partial charge in [-0.15, -0.1) is 0 Å². The Morgan fingerprint density at radius 2 is 1.94 bits per heavy atom. The first kappa shape index (κ1) is 23.9. The van der Waals surface area contributed by atoms with Crippen molar-refractivity contribution in [3.63, 3.8) is 0 Å². The number of rotatable bonds is 4. The number of hydrogen-bond acceptors (Lipinski definition) is 5. The van der Waals surface area contributed by atoms with Crippen LogP contribution in [0.1, 0.15) is 26.3 Å². The molecule has 172 valence electrons. The molecule has 0 aliphatic heterocycles. The van der Waals surface area contributed by atoms with Gasteiger partial charge in [0.2, 0.25) is 5.62 Å². The predicted octanol–water partition coefficient (Wildman–Crippen LogP) is 4.16. The number of anilines is 2. The molecule has 3 N–H and O–H groups in total. The standard InChI is InChI=1S/C23H21F4N5O/c1-13(28)32-18-6-4-5-17(25)20(18)21(30-22(32)29)31(12-19(26)27)16-10-14(9-15(24)11-16)7-8-23(2,3)33/h4-6,9-11,19,28-29,33H,12H2,1-3H3. The molecule has 0 radical (unpaired) electrons. The van der Waals surface area contributed by atoms with Crippen LogP contribution in [0.4, 0.5) is 29.1 Å². The largest absolute Gasteiger partial charge is 0.378 e. The lowest BCUT2D eigenvalue weighted by atomic mass is 10.1. The molecule has 0 bridgehead atoms. The van der Waals surface area contributed by atoms with Crippen molar-refractivity contribution in [2.45, 2.75) is 32.8 Å². The van der Waals surface area contributed by atoms with Crippen molar-refractivity contribution in [3.8, 4) is 11.8 Å². The number of fused-ring (bicyclic) bond motifs is 1. The average molecular weight is 459 g/mol. The third-order valence-electron chi connectivity index (χ3n) is 4.50. The first-order valence-corrected chi connectivity index (χ1v) is 9.80. The van der Waals surface area contributed by atoms with Crippen molar-refractivity contribution in [3.05, 3.63) is 59.2 Å². The summed E-state index contributed by atoms with van der Waals surface area (Å²) in [7, 11) is 0. The lowest BCUT2D eigenvalue weighted by Crippen LogP contribution is -2.33. The molecule has 0 aliphatic rings. The summed E-state index contributed by atoms with van der Waals surface area (Å²) in [5.41, 5.74) is -1.75. The molecule has 6 nitrogen and oxygen atoms in total. The Labute approximate surface area is 187 Å². The van der Waals surface area contributed by atoms with Crippen LogP contribution in [-0.2, 0) is 0 Å². The lowest BCUT2D eigenvalue weighted by Gasteiger charge is -2.26. The van der Waals surface area contributed by atoms with Gasteiger partial charge >= 0.3 is 0 Å². The molecular weight excluding hydrogens is 438 g/mol. The van der Waals surface area contributed by atoms with Gasteiger partial charge in [-0.05, 0) is 51.1 Å². The molecular formula is C23H21F4N5O. The number of alkyl halides is 2. The van der Waals surface area contributed by atoms with E-state index in [1.54, 1.807) is 0 Å². The molecule has 3 aromatic rings. The normalized spacial score (nSPS) is 11.4.